The van der Waals surface area contributed by atoms with Crippen molar-refractivity contribution in [3.05, 3.63) is 23.3 Å². The third-order valence-electron chi connectivity index (χ3n) is 8.27. The van der Waals surface area contributed by atoms with Gasteiger partial charge in [-0.25, -0.2) is 0 Å². The Balaban J connectivity index is 0.000000215. The zero-order valence-electron chi connectivity index (χ0n) is 23.4. The summed E-state index contributed by atoms with van der Waals surface area (Å²) < 4.78 is 0. The second-order valence-electron chi connectivity index (χ2n) is 12.1. The molecule has 0 radical (unpaired) electrons. The zero-order chi connectivity index (χ0) is 23.8. The van der Waals surface area contributed by atoms with Crippen molar-refractivity contribution in [2.75, 3.05) is 0 Å². The van der Waals surface area contributed by atoms with Gasteiger partial charge in [-0.3, -0.25) is 0 Å². The Hall–Kier alpha value is -0.520. The first kappa shape index (κ1) is 29.5. The molecule has 4 aliphatic rings. The fourth-order valence-electron chi connectivity index (χ4n) is 5.64. The summed E-state index contributed by atoms with van der Waals surface area (Å²) in [6.07, 6.45) is 27.8. The molecule has 0 aromatic rings. The summed E-state index contributed by atoms with van der Waals surface area (Å²) in [5, 5.41) is 0. The SMILES string of the molecule is CC(C)C1=CCCCC1.CC(C)C1CCCC1.CC(C)C1CCCCC1.CC1=CCCC1. The van der Waals surface area contributed by atoms with Crippen LogP contribution in [-0.4, -0.2) is 0 Å². The van der Waals surface area contributed by atoms with Crippen molar-refractivity contribution in [2.45, 2.75) is 151 Å². The summed E-state index contributed by atoms with van der Waals surface area (Å²) >= 11 is 0. The van der Waals surface area contributed by atoms with Crippen molar-refractivity contribution in [1.29, 1.82) is 0 Å². The highest BCUT2D eigenvalue weighted by atomic mass is 14.2. The van der Waals surface area contributed by atoms with E-state index in [0.717, 1.165) is 29.6 Å². The van der Waals surface area contributed by atoms with Crippen molar-refractivity contribution in [1.82, 2.24) is 0 Å². The molecule has 0 nitrogen and oxygen atoms in total. The highest BCUT2D eigenvalue weighted by Crippen LogP contribution is 2.30. The van der Waals surface area contributed by atoms with E-state index in [0.29, 0.717) is 0 Å². The fraction of sp³-hybridized carbons (Fsp3) is 0.875. The van der Waals surface area contributed by atoms with Crippen LogP contribution in [0.3, 0.4) is 0 Å². The average Bonchev–Trinajstić information content (AvgIpc) is 3.51. The smallest absolute Gasteiger partial charge is 0.0260 e. The third kappa shape index (κ3) is 13.9. The molecule has 32 heavy (non-hydrogen) atoms. The van der Waals surface area contributed by atoms with Crippen LogP contribution >= 0.6 is 0 Å². The van der Waals surface area contributed by atoms with Gasteiger partial charge < -0.3 is 0 Å². The highest BCUT2D eigenvalue weighted by Gasteiger charge is 2.17. The predicted octanol–water partition coefficient (Wildman–Crippen LogP) is 11.3. The summed E-state index contributed by atoms with van der Waals surface area (Å²) in [5.41, 5.74) is 3.26. The molecule has 0 saturated heterocycles. The van der Waals surface area contributed by atoms with Crippen LogP contribution in [0.25, 0.3) is 0 Å². The molecule has 0 amide bonds. The summed E-state index contributed by atoms with van der Waals surface area (Å²) in [4.78, 5) is 0. The molecule has 0 unspecified atom stereocenters. The first-order valence-corrected chi connectivity index (χ1v) is 14.7. The number of allylic oxidation sites excluding steroid dienone is 4. The van der Waals surface area contributed by atoms with E-state index in [-0.39, 0.29) is 0 Å². The summed E-state index contributed by atoms with van der Waals surface area (Å²) in [7, 11) is 0. The van der Waals surface area contributed by atoms with E-state index >= 15 is 0 Å². The van der Waals surface area contributed by atoms with Crippen LogP contribution in [0.1, 0.15) is 151 Å². The van der Waals surface area contributed by atoms with Gasteiger partial charge in [0.1, 0.15) is 0 Å². The van der Waals surface area contributed by atoms with Crippen LogP contribution < -0.4 is 0 Å². The largest absolute Gasteiger partial charge is 0.0856 e. The predicted molar refractivity (Wildman–Crippen MR) is 147 cm³/mol. The first-order valence-electron chi connectivity index (χ1n) is 14.7. The van der Waals surface area contributed by atoms with Gasteiger partial charge in [-0.2, -0.15) is 0 Å². The molecular formula is C32H60. The molecule has 0 aromatic heterocycles. The molecule has 2 fully saturated rings. The maximum atomic E-state index is 2.42. The molecule has 4 aliphatic carbocycles. The van der Waals surface area contributed by atoms with Crippen LogP contribution in [0.4, 0.5) is 0 Å². The van der Waals surface area contributed by atoms with Crippen molar-refractivity contribution in [3.8, 4) is 0 Å². The van der Waals surface area contributed by atoms with Crippen LogP contribution in [0.2, 0.25) is 0 Å². The van der Waals surface area contributed by atoms with E-state index in [9.17, 15) is 0 Å². The Kier molecular flexibility index (Phi) is 16.5. The second kappa shape index (κ2) is 17.9. The van der Waals surface area contributed by atoms with E-state index in [2.05, 4.69) is 60.6 Å². The van der Waals surface area contributed by atoms with Crippen LogP contribution in [0.5, 0.6) is 0 Å². The molecule has 0 bridgehead atoms. The van der Waals surface area contributed by atoms with Gasteiger partial charge in [-0.05, 0) is 81.5 Å². The minimum Gasteiger partial charge on any atom is -0.0856 e. The van der Waals surface area contributed by atoms with Crippen molar-refractivity contribution in [2.24, 2.45) is 29.6 Å². The lowest BCUT2D eigenvalue weighted by Gasteiger charge is -2.24. The van der Waals surface area contributed by atoms with Gasteiger partial charge in [-0.15, -0.1) is 0 Å². The van der Waals surface area contributed by atoms with E-state index in [1.54, 1.807) is 11.1 Å². The molecule has 0 aromatic carbocycles. The summed E-state index contributed by atoms with van der Waals surface area (Å²) in [5.74, 6) is 4.79. The molecule has 188 valence electrons. The minimum absolute atomic E-state index is 0.797. The lowest BCUT2D eigenvalue weighted by Crippen LogP contribution is -2.12. The standard InChI is InChI=1S/C9H18.C9H16.C8H16.C6H10/c2*1-8(2)9-6-4-3-5-7-9;1-7(2)8-5-3-4-6-8;1-6-4-2-3-5-6/h8-9H,3-7H2,1-2H3;6,8H,3-5,7H2,1-2H3;7-8H,3-6H2,1-2H3;4H,2-3,5H2,1H3. The highest BCUT2D eigenvalue weighted by molar-refractivity contribution is 5.07. The molecule has 4 rings (SSSR count). The van der Waals surface area contributed by atoms with Crippen molar-refractivity contribution >= 4 is 0 Å². The Bertz CT molecular complexity index is 492. The van der Waals surface area contributed by atoms with Gasteiger partial charge >= 0.3 is 0 Å². The van der Waals surface area contributed by atoms with Gasteiger partial charge in [0.05, 0.1) is 0 Å². The monoisotopic (exact) mass is 444 g/mol. The molecular weight excluding hydrogens is 384 g/mol. The Morgan fingerprint density at radius 2 is 1.06 bits per heavy atom. The quantitative estimate of drug-likeness (QED) is 0.379. The molecule has 0 heterocycles. The number of hydrogen-bond donors (Lipinski definition) is 0. The van der Waals surface area contributed by atoms with Gasteiger partial charge in [0, 0.05) is 0 Å². The Morgan fingerprint density at radius 3 is 1.31 bits per heavy atom. The second-order valence-corrected chi connectivity index (χ2v) is 12.1. The normalized spacial score (nSPS) is 21.8. The van der Waals surface area contributed by atoms with Crippen LogP contribution in [0.15, 0.2) is 23.3 Å². The van der Waals surface area contributed by atoms with E-state index in [4.69, 9.17) is 0 Å². The average molecular weight is 445 g/mol. The van der Waals surface area contributed by atoms with E-state index < -0.39 is 0 Å². The lowest BCUT2D eigenvalue weighted by molar-refractivity contribution is 0.279. The molecule has 2 saturated carbocycles. The minimum atomic E-state index is 0.797. The lowest BCUT2D eigenvalue weighted by atomic mass is 9.82. The summed E-state index contributed by atoms with van der Waals surface area (Å²) in [6.45, 7) is 16.2. The van der Waals surface area contributed by atoms with Gasteiger partial charge in [0.2, 0.25) is 0 Å². The zero-order valence-corrected chi connectivity index (χ0v) is 23.4. The molecule has 0 heteroatoms. The van der Waals surface area contributed by atoms with Crippen LogP contribution in [-0.2, 0) is 0 Å². The maximum Gasteiger partial charge on any atom is -0.0260 e. The van der Waals surface area contributed by atoms with Gasteiger partial charge in [0.25, 0.3) is 0 Å². The summed E-state index contributed by atoms with van der Waals surface area (Å²) in [6, 6.07) is 0. The van der Waals surface area contributed by atoms with Crippen molar-refractivity contribution < 1.29 is 0 Å². The first-order chi connectivity index (χ1) is 15.3. The van der Waals surface area contributed by atoms with Gasteiger partial charge in [-0.1, -0.05) is 123 Å². The third-order valence-corrected chi connectivity index (χ3v) is 8.27. The maximum absolute atomic E-state index is 2.42. The Labute approximate surface area is 204 Å². The molecule has 0 N–H and O–H groups in total. The van der Waals surface area contributed by atoms with Crippen molar-refractivity contribution in [3.63, 3.8) is 0 Å². The van der Waals surface area contributed by atoms with Gasteiger partial charge in [0.15, 0.2) is 0 Å². The molecule has 0 spiro atoms. The molecule has 0 atom stereocenters. The Morgan fingerprint density at radius 1 is 0.562 bits per heavy atom. The topological polar surface area (TPSA) is 0 Å². The molecule has 0 aliphatic heterocycles. The van der Waals surface area contributed by atoms with E-state index in [1.807, 2.05) is 0 Å². The number of hydrogen-bond acceptors (Lipinski definition) is 0. The van der Waals surface area contributed by atoms with Crippen LogP contribution in [0, 0.1) is 29.6 Å². The van der Waals surface area contributed by atoms with E-state index in [1.165, 1.54) is 103 Å². The number of rotatable bonds is 3. The fourth-order valence-corrected chi connectivity index (χ4v) is 5.64.